The van der Waals surface area contributed by atoms with Crippen LogP contribution in [0.2, 0.25) is 0 Å². The number of carbonyl (C=O) groups is 1. The Morgan fingerprint density at radius 1 is 1.07 bits per heavy atom. The topological polar surface area (TPSA) is 89.9 Å². The molecule has 0 aromatic heterocycles. The normalized spacial score (nSPS) is 16.7. The number of halogens is 2. The molecule has 7 heteroatoms. The van der Waals surface area contributed by atoms with Crippen LogP contribution >= 0.6 is 0 Å². The molecule has 1 saturated heterocycles. The number of nitrogens with one attached hydrogen (secondary N) is 1. The molecule has 0 radical (unpaired) electrons. The molecule has 1 amide bonds. The number of carbonyl (C=O) groups excluding carboxylic acids is 1. The lowest BCUT2D eigenvalue weighted by molar-refractivity contribution is -0.121. The van der Waals surface area contributed by atoms with E-state index in [2.05, 4.69) is 16.3 Å². The summed E-state index contributed by atoms with van der Waals surface area (Å²) < 4.78 is 26.6. The Kier molecular flexibility index (Phi) is 8.45. The molecule has 29 heavy (non-hydrogen) atoms. The van der Waals surface area contributed by atoms with Gasteiger partial charge in [0.15, 0.2) is 0 Å². The molecule has 5 nitrogen and oxygen atoms in total. The van der Waals surface area contributed by atoms with Crippen LogP contribution in [0.15, 0.2) is 54.6 Å². The van der Waals surface area contributed by atoms with Gasteiger partial charge >= 0.3 is 0 Å². The first kappa shape index (κ1) is 22.7. The van der Waals surface area contributed by atoms with Crippen LogP contribution in [0, 0.1) is 11.6 Å². The Morgan fingerprint density at radius 2 is 1.62 bits per heavy atom. The van der Waals surface area contributed by atoms with E-state index in [1.807, 2.05) is 0 Å². The van der Waals surface area contributed by atoms with Crippen molar-refractivity contribution in [2.24, 2.45) is 5.73 Å². The zero-order valence-electron chi connectivity index (χ0n) is 16.2. The summed E-state index contributed by atoms with van der Waals surface area (Å²) in [7, 11) is 0. The maximum Gasteiger partial charge on any atom is 0.235 e. The Labute approximate surface area is 169 Å². The van der Waals surface area contributed by atoms with E-state index in [9.17, 15) is 13.6 Å². The third kappa shape index (κ3) is 6.45. The van der Waals surface area contributed by atoms with Crippen molar-refractivity contribution in [1.82, 2.24) is 10.2 Å². The number of amides is 1. The van der Waals surface area contributed by atoms with Crippen molar-refractivity contribution in [3.8, 4) is 0 Å². The minimum Gasteiger partial charge on any atom is -0.412 e. The monoisotopic (exact) mass is 403 g/mol. The van der Waals surface area contributed by atoms with Crippen LogP contribution in [0.3, 0.4) is 0 Å². The number of unbranched alkanes of at least 4 members (excludes halogenated alkanes) is 1. The van der Waals surface area contributed by atoms with Crippen LogP contribution in [0.1, 0.15) is 24.0 Å². The number of benzene rings is 2. The van der Waals surface area contributed by atoms with E-state index in [0.29, 0.717) is 6.54 Å². The molecule has 3 rings (SSSR count). The van der Waals surface area contributed by atoms with Gasteiger partial charge in [0.25, 0.3) is 0 Å². The highest BCUT2D eigenvalue weighted by atomic mass is 19.1. The molecule has 0 aliphatic carbocycles. The van der Waals surface area contributed by atoms with E-state index in [4.69, 9.17) is 5.73 Å². The molecule has 1 aliphatic heterocycles. The maximum atomic E-state index is 13.3. The van der Waals surface area contributed by atoms with Gasteiger partial charge in [0.2, 0.25) is 5.91 Å². The highest BCUT2D eigenvalue weighted by Gasteiger charge is 2.22. The van der Waals surface area contributed by atoms with E-state index < -0.39 is 0 Å². The highest BCUT2D eigenvalue weighted by Crippen LogP contribution is 2.25. The third-order valence-corrected chi connectivity index (χ3v) is 4.94. The first-order valence-corrected chi connectivity index (χ1v) is 9.50. The van der Waals surface area contributed by atoms with Crippen LogP contribution in [0.5, 0.6) is 0 Å². The molecule has 0 spiro atoms. The largest absolute Gasteiger partial charge is 0.412 e. The van der Waals surface area contributed by atoms with Gasteiger partial charge in [-0.25, -0.2) is 8.78 Å². The van der Waals surface area contributed by atoms with Gasteiger partial charge in [0, 0.05) is 19.6 Å². The van der Waals surface area contributed by atoms with Gasteiger partial charge in [-0.3, -0.25) is 9.69 Å². The molecule has 2 aromatic rings. The van der Waals surface area contributed by atoms with Crippen molar-refractivity contribution in [1.29, 1.82) is 0 Å². The second-order valence-corrected chi connectivity index (χ2v) is 6.98. The van der Waals surface area contributed by atoms with Crippen LogP contribution in [-0.4, -0.2) is 48.5 Å². The Hall–Kier alpha value is -2.61. The van der Waals surface area contributed by atoms with Gasteiger partial charge in [-0.15, -0.1) is 0 Å². The number of allylic oxidation sites excluding steroid dienone is 1. The number of rotatable bonds is 7. The second-order valence-electron chi connectivity index (χ2n) is 6.98. The van der Waals surface area contributed by atoms with Crippen molar-refractivity contribution in [3.63, 3.8) is 0 Å². The Bertz CT molecular complexity index is 775. The molecule has 0 saturated carbocycles. The van der Waals surface area contributed by atoms with Gasteiger partial charge < -0.3 is 16.5 Å². The molecule has 1 atom stereocenters. The molecule has 1 heterocycles. The van der Waals surface area contributed by atoms with Gasteiger partial charge in [-0.1, -0.05) is 30.3 Å². The first-order chi connectivity index (χ1) is 13.5. The molecule has 1 fully saturated rings. The fourth-order valence-electron chi connectivity index (χ4n) is 3.43. The second kappa shape index (κ2) is 10.8. The number of nitrogens with two attached hydrogens (primary N) is 1. The quantitative estimate of drug-likeness (QED) is 0.694. The zero-order chi connectivity index (χ0) is 19.9. The van der Waals surface area contributed by atoms with E-state index in [-0.39, 0.29) is 29.1 Å². The van der Waals surface area contributed by atoms with Gasteiger partial charge in [0.05, 0.1) is 6.04 Å². The number of primary amides is 1. The van der Waals surface area contributed by atoms with Crippen LogP contribution in [0.4, 0.5) is 8.78 Å². The molecular formula is C22H27F2N3O2. The smallest absolute Gasteiger partial charge is 0.235 e. The Balaban J connectivity index is 0.00000300. The summed E-state index contributed by atoms with van der Waals surface area (Å²) in [5, 5.41) is 3.12. The van der Waals surface area contributed by atoms with E-state index >= 15 is 0 Å². The molecule has 2 aromatic carbocycles. The van der Waals surface area contributed by atoms with Crippen molar-refractivity contribution >= 4 is 11.5 Å². The van der Waals surface area contributed by atoms with Crippen molar-refractivity contribution in [3.05, 3.63) is 77.4 Å². The van der Waals surface area contributed by atoms with Crippen molar-refractivity contribution < 1.29 is 19.1 Å². The lowest BCUT2D eigenvalue weighted by Crippen LogP contribution is -2.56. The predicted molar refractivity (Wildman–Crippen MR) is 110 cm³/mol. The van der Waals surface area contributed by atoms with Crippen molar-refractivity contribution in [2.75, 3.05) is 26.2 Å². The van der Waals surface area contributed by atoms with Gasteiger partial charge in [-0.2, -0.15) is 0 Å². The minimum atomic E-state index is -0.320. The van der Waals surface area contributed by atoms with Crippen LogP contribution in [0.25, 0.3) is 5.57 Å². The number of hydrogen-bond donors (Lipinski definition) is 2. The summed E-state index contributed by atoms with van der Waals surface area (Å²) in [6, 6.07) is 12.4. The summed E-state index contributed by atoms with van der Waals surface area (Å²) in [6.07, 6.45) is 3.83. The molecule has 156 valence electrons. The highest BCUT2D eigenvalue weighted by molar-refractivity contribution is 5.80. The van der Waals surface area contributed by atoms with Crippen molar-refractivity contribution in [2.45, 2.75) is 18.9 Å². The lowest BCUT2D eigenvalue weighted by atomic mass is 9.96. The lowest BCUT2D eigenvalue weighted by Gasteiger charge is -2.31. The molecule has 1 aliphatic rings. The zero-order valence-corrected chi connectivity index (χ0v) is 16.2. The summed E-state index contributed by atoms with van der Waals surface area (Å²) in [5.41, 5.74) is 8.12. The van der Waals surface area contributed by atoms with E-state index in [1.165, 1.54) is 24.3 Å². The van der Waals surface area contributed by atoms with Crippen LogP contribution in [-0.2, 0) is 4.79 Å². The van der Waals surface area contributed by atoms with E-state index in [1.54, 1.807) is 24.3 Å². The third-order valence-electron chi connectivity index (χ3n) is 4.94. The summed E-state index contributed by atoms with van der Waals surface area (Å²) in [4.78, 5) is 13.6. The fraction of sp³-hybridized carbons (Fsp3) is 0.318. The molecule has 1 unspecified atom stereocenters. The minimum absolute atomic E-state index is 0. The fourth-order valence-corrected chi connectivity index (χ4v) is 3.43. The van der Waals surface area contributed by atoms with Gasteiger partial charge in [0.1, 0.15) is 11.6 Å². The average Bonchev–Trinajstić information content (AvgIpc) is 2.70. The Morgan fingerprint density at radius 3 is 2.14 bits per heavy atom. The predicted octanol–water partition coefficient (Wildman–Crippen LogP) is 2.11. The first-order valence-electron chi connectivity index (χ1n) is 9.50. The number of hydrogen-bond acceptors (Lipinski definition) is 3. The molecule has 0 bridgehead atoms. The van der Waals surface area contributed by atoms with Gasteiger partial charge in [-0.05, 0) is 60.4 Å². The number of piperazine rings is 1. The molecule has 5 N–H and O–H groups in total. The maximum absolute atomic E-state index is 13.3. The summed E-state index contributed by atoms with van der Waals surface area (Å²) in [6.45, 7) is 3.13. The van der Waals surface area contributed by atoms with E-state index in [0.717, 1.165) is 49.2 Å². The molecular weight excluding hydrogens is 376 g/mol. The average molecular weight is 403 g/mol. The summed E-state index contributed by atoms with van der Waals surface area (Å²) >= 11 is 0. The van der Waals surface area contributed by atoms with Crippen LogP contribution < -0.4 is 11.1 Å². The summed E-state index contributed by atoms with van der Waals surface area (Å²) in [5.74, 6) is -0.894. The SMILES string of the molecule is NC(=O)C1CN(CCCC=C(c2ccc(F)cc2)c2ccc(F)cc2)CCN1.O. The standard InChI is InChI=1S/C22H25F2N3O.H2O/c23-18-8-4-16(5-9-18)20(17-6-10-19(24)11-7-17)3-1-2-13-27-14-12-26-21(15-27)22(25)28;/h3-11,21,26H,1-2,12-15H2,(H2,25,28);1H2. The number of nitrogens with zero attached hydrogens (tertiary/aromatic N) is 1.